The van der Waals surface area contributed by atoms with Crippen LogP contribution >= 0.6 is 11.3 Å². The Balaban J connectivity index is 1.54. The average Bonchev–Trinajstić information content (AvgIpc) is 3.20. The van der Waals surface area contributed by atoms with Crippen LogP contribution in [0.4, 0.5) is 0 Å². The molecular weight excluding hydrogens is 282 g/mol. The van der Waals surface area contributed by atoms with Gasteiger partial charge in [-0.25, -0.2) is 4.68 Å². The number of thiophene rings is 1. The van der Waals surface area contributed by atoms with Crippen molar-refractivity contribution in [2.75, 3.05) is 6.54 Å². The predicted molar refractivity (Wildman–Crippen MR) is 84.5 cm³/mol. The Hall–Kier alpha value is -1.95. The molecule has 21 heavy (non-hydrogen) atoms. The topological polar surface area (TPSA) is 50.1 Å². The van der Waals surface area contributed by atoms with E-state index in [2.05, 4.69) is 10.4 Å². The summed E-state index contributed by atoms with van der Waals surface area (Å²) in [6.07, 6.45) is 3.39. The summed E-state index contributed by atoms with van der Waals surface area (Å²) in [5, 5.41) is 21.5. The van der Waals surface area contributed by atoms with E-state index in [-0.39, 0.29) is 0 Å². The maximum absolute atomic E-state index is 9.99. The molecule has 1 atom stereocenters. The minimum absolute atomic E-state index is 0.458. The second-order valence-corrected chi connectivity index (χ2v) is 5.61. The molecule has 2 N–H and O–H groups in total. The molecule has 0 amide bonds. The molecule has 2 aromatic heterocycles. The third-order valence-corrected chi connectivity index (χ3v) is 3.95. The van der Waals surface area contributed by atoms with E-state index in [1.165, 1.54) is 0 Å². The smallest absolute Gasteiger partial charge is 0.0922 e. The lowest BCUT2D eigenvalue weighted by Gasteiger charge is -2.09. The van der Waals surface area contributed by atoms with Gasteiger partial charge in [0.15, 0.2) is 0 Å². The number of hydrogen-bond acceptors (Lipinski definition) is 4. The number of aliphatic hydroxyl groups excluding tert-OH is 1. The van der Waals surface area contributed by atoms with E-state index in [0.717, 1.165) is 16.8 Å². The van der Waals surface area contributed by atoms with Gasteiger partial charge in [-0.05, 0) is 34.5 Å². The molecule has 3 aromatic rings. The molecule has 0 bridgehead atoms. The Morgan fingerprint density at radius 2 is 2.10 bits per heavy atom. The van der Waals surface area contributed by atoms with Crippen molar-refractivity contribution in [3.63, 3.8) is 0 Å². The van der Waals surface area contributed by atoms with Crippen LogP contribution in [0.2, 0.25) is 0 Å². The average molecular weight is 299 g/mol. The summed E-state index contributed by atoms with van der Waals surface area (Å²) in [5.41, 5.74) is 3.10. The van der Waals surface area contributed by atoms with E-state index in [1.807, 2.05) is 64.2 Å². The maximum Gasteiger partial charge on any atom is 0.0922 e. The quantitative estimate of drug-likeness (QED) is 0.736. The Kier molecular flexibility index (Phi) is 4.45. The first-order valence-corrected chi connectivity index (χ1v) is 7.77. The Morgan fingerprint density at radius 1 is 1.24 bits per heavy atom. The standard InChI is InChI=1S/C16H17N3OS/c20-16(14-6-7-21-12-14)10-17-8-13-9-18-19(11-13)15-4-2-1-3-5-15/h1-7,9,11-12,16-17,20H,8,10H2. The van der Waals surface area contributed by atoms with E-state index >= 15 is 0 Å². The molecule has 0 saturated carbocycles. The largest absolute Gasteiger partial charge is 0.387 e. The summed E-state index contributed by atoms with van der Waals surface area (Å²) >= 11 is 1.60. The van der Waals surface area contributed by atoms with E-state index in [1.54, 1.807) is 11.3 Å². The van der Waals surface area contributed by atoms with Crippen LogP contribution in [0.5, 0.6) is 0 Å². The van der Waals surface area contributed by atoms with Gasteiger partial charge >= 0.3 is 0 Å². The van der Waals surface area contributed by atoms with Crippen molar-refractivity contribution in [3.05, 3.63) is 70.7 Å². The van der Waals surface area contributed by atoms with E-state index < -0.39 is 6.10 Å². The highest BCUT2D eigenvalue weighted by atomic mass is 32.1. The zero-order valence-electron chi connectivity index (χ0n) is 11.5. The minimum atomic E-state index is -0.458. The third-order valence-electron chi connectivity index (χ3n) is 3.25. The number of hydrogen-bond donors (Lipinski definition) is 2. The zero-order chi connectivity index (χ0) is 14.5. The van der Waals surface area contributed by atoms with Crippen molar-refractivity contribution in [2.45, 2.75) is 12.6 Å². The molecule has 0 spiro atoms. The molecule has 3 rings (SSSR count). The van der Waals surface area contributed by atoms with Crippen LogP contribution in [-0.2, 0) is 6.54 Å². The molecule has 0 aliphatic rings. The Morgan fingerprint density at radius 3 is 2.86 bits per heavy atom. The molecule has 4 nitrogen and oxygen atoms in total. The summed E-state index contributed by atoms with van der Waals surface area (Å²) < 4.78 is 1.85. The van der Waals surface area contributed by atoms with Gasteiger partial charge in [-0.1, -0.05) is 18.2 Å². The van der Waals surface area contributed by atoms with Gasteiger partial charge in [-0.3, -0.25) is 0 Å². The van der Waals surface area contributed by atoms with Crippen LogP contribution in [0.25, 0.3) is 5.69 Å². The molecule has 0 aliphatic heterocycles. The van der Waals surface area contributed by atoms with Gasteiger partial charge in [0.05, 0.1) is 18.0 Å². The highest BCUT2D eigenvalue weighted by Crippen LogP contribution is 2.15. The molecule has 0 saturated heterocycles. The fourth-order valence-corrected chi connectivity index (χ4v) is 2.82. The summed E-state index contributed by atoms with van der Waals surface area (Å²) in [6.45, 7) is 1.22. The summed E-state index contributed by atoms with van der Waals surface area (Å²) in [4.78, 5) is 0. The zero-order valence-corrected chi connectivity index (χ0v) is 12.3. The number of benzene rings is 1. The lowest BCUT2D eigenvalue weighted by molar-refractivity contribution is 0.175. The van der Waals surface area contributed by atoms with Gasteiger partial charge in [0, 0.05) is 24.8 Å². The van der Waals surface area contributed by atoms with Crippen molar-refractivity contribution < 1.29 is 5.11 Å². The van der Waals surface area contributed by atoms with E-state index in [4.69, 9.17) is 0 Å². The van der Waals surface area contributed by atoms with Crippen LogP contribution in [0.15, 0.2) is 59.6 Å². The SMILES string of the molecule is OC(CNCc1cnn(-c2ccccc2)c1)c1ccsc1. The first kappa shape index (κ1) is 14.0. The molecule has 1 unspecified atom stereocenters. The Bertz CT molecular complexity index is 664. The fourth-order valence-electron chi connectivity index (χ4n) is 2.11. The second kappa shape index (κ2) is 6.67. The number of nitrogens with one attached hydrogen (secondary N) is 1. The lowest BCUT2D eigenvalue weighted by Crippen LogP contribution is -2.20. The minimum Gasteiger partial charge on any atom is -0.387 e. The van der Waals surface area contributed by atoms with Gasteiger partial charge in [0.25, 0.3) is 0 Å². The molecule has 1 aromatic carbocycles. The second-order valence-electron chi connectivity index (χ2n) is 4.83. The van der Waals surface area contributed by atoms with Crippen molar-refractivity contribution in [3.8, 4) is 5.69 Å². The highest BCUT2D eigenvalue weighted by molar-refractivity contribution is 7.07. The van der Waals surface area contributed by atoms with Crippen LogP contribution in [0.1, 0.15) is 17.2 Å². The first-order chi connectivity index (χ1) is 10.3. The lowest BCUT2D eigenvalue weighted by atomic mass is 10.2. The van der Waals surface area contributed by atoms with Gasteiger partial charge in [0.1, 0.15) is 0 Å². The fraction of sp³-hybridized carbons (Fsp3) is 0.188. The van der Waals surface area contributed by atoms with Crippen LogP contribution < -0.4 is 5.32 Å². The monoisotopic (exact) mass is 299 g/mol. The molecule has 2 heterocycles. The van der Waals surface area contributed by atoms with Gasteiger partial charge in [0.2, 0.25) is 0 Å². The molecular formula is C16H17N3OS. The van der Waals surface area contributed by atoms with Crippen molar-refractivity contribution in [1.29, 1.82) is 0 Å². The molecule has 0 aliphatic carbocycles. The number of aliphatic hydroxyl groups is 1. The molecule has 5 heteroatoms. The normalized spacial score (nSPS) is 12.4. The molecule has 0 radical (unpaired) electrons. The number of nitrogens with zero attached hydrogens (tertiary/aromatic N) is 2. The Labute approximate surface area is 127 Å². The summed E-state index contributed by atoms with van der Waals surface area (Å²) in [6, 6.07) is 12.0. The molecule has 108 valence electrons. The summed E-state index contributed by atoms with van der Waals surface area (Å²) in [5.74, 6) is 0. The van der Waals surface area contributed by atoms with Gasteiger partial charge in [-0.15, -0.1) is 0 Å². The van der Waals surface area contributed by atoms with Crippen molar-refractivity contribution >= 4 is 11.3 Å². The van der Waals surface area contributed by atoms with Crippen molar-refractivity contribution in [2.24, 2.45) is 0 Å². The van der Waals surface area contributed by atoms with E-state index in [9.17, 15) is 5.11 Å². The number of para-hydroxylation sites is 1. The van der Waals surface area contributed by atoms with Gasteiger partial charge < -0.3 is 10.4 Å². The summed E-state index contributed by atoms with van der Waals surface area (Å²) in [7, 11) is 0. The molecule has 0 fully saturated rings. The van der Waals surface area contributed by atoms with E-state index in [0.29, 0.717) is 13.1 Å². The third kappa shape index (κ3) is 3.58. The van der Waals surface area contributed by atoms with Crippen LogP contribution in [0, 0.1) is 0 Å². The highest BCUT2D eigenvalue weighted by Gasteiger charge is 2.07. The maximum atomic E-state index is 9.99. The predicted octanol–water partition coefficient (Wildman–Crippen LogP) is 2.76. The number of rotatable bonds is 6. The van der Waals surface area contributed by atoms with Crippen LogP contribution in [0.3, 0.4) is 0 Å². The van der Waals surface area contributed by atoms with Gasteiger partial charge in [-0.2, -0.15) is 16.4 Å². The van der Waals surface area contributed by atoms with Crippen molar-refractivity contribution in [1.82, 2.24) is 15.1 Å². The number of aromatic nitrogens is 2. The van der Waals surface area contributed by atoms with Crippen LogP contribution in [-0.4, -0.2) is 21.4 Å². The first-order valence-electron chi connectivity index (χ1n) is 6.83.